The zero-order valence-electron chi connectivity index (χ0n) is 15.7. The number of halogens is 2. The van der Waals surface area contributed by atoms with Crippen LogP contribution in [0.2, 0.25) is 5.02 Å². The molecular weight excluding hydrogens is 472 g/mol. The molecule has 1 fully saturated rings. The lowest BCUT2D eigenvalue weighted by Crippen LogP contribution is -2.35. The van der Waals surface area contributed by atoms with Gasteiger partial charge in [-0.2, -0.15) is 4.37 Å². The predicted octanol–water partition coefficient (Wildman–Crippen LogP) is 4.90. The fraction of sp³-hybridized carbons (Fsp3) is 0.286. The number of rotatable bonds is 4. The van der Waals surface area contributed by atoms with E-state index in [0.717, 1.165) is 52.1 Å². The Morgan fingerprint density at radius 1 is 1.10 bits per heavy atom. The Morgan fingerprint density at radius 2 is 1.93 bits per heavy atom. The topological polar surface area (TPSA) is 49.3 Å². The first-order chi connectivity index (χ1) is 14.1. The van der Waals surface area contributed by atoms with E-state index in [1.165, 1.54) is 11.5 Å². The maximum absolute atomic E-state index is 12.8. The highest BCUT2D eigenvalue weighted by molar-refractivity contribution is 9.10. The molecule has 0 radical (unpaired) electrons. The van der Waals surface area contributed by atoms with Gasteiger partial charge in [-0.3, -0.25) is 4.79 Å². The standard InChI is InChI=1S/C21H20BrClN4OS/c22-17-4-1-3-16(14-17)20(28)26-9-2-10-27(12-11-26)21-24-19(25-29-21)13-15-5-7-18(23)8-6-15/h1,3-8,14H,2,9-13H2. The summed E-state index contributed by atoms with van der Waals surface area (Å²) in [6.45, 7) is 3.06. The summed E-state index contributed by atoms with van der Waals surface area (Å²) in [5, 5.41) is 1.65. The molecule has 4 rings (SSSR count). The number of amides is 1. The van der Waals surface area contributed by atoms with E-state index in [9.17, 15) is 4.79 Å². The molecule has 0 saturated carbocycles. The number of hydrogen-bond donors (Lipinski definition) is 0. The van der Waals surface area contributed by atoms with Crippen molar-refractivity contribution in [2.75, 3.05) is 31.1 Å². The molecule has 2 aromatic carbocycles. The molecule has 2 heterocycles. The monoisotopic (exact) mass is 490 g/mol. The number of nitrogens with zero attached hydrogens (tertiary/aromatic N) is 4. The predicted molar refractivity (Wildman–Crippen MR) is 121 cm³/mol. The van der Waals surface area contributed by atoms with E-state index in [1.807, 2.05) is 53.4 Å². The van der Waals surface area contributed by atoms with E-state index in [1.54, 1.807) is 0 Å². The Hall–Kier alpha value is -1.96. The number of aromatic nitrogens is 2. The van der Waals surface area contributed by atoms with Crippen LogP contribution < -0.4 is 4.90 Å². The molecule has 1 amide bonds. The van der Waals surface area contributed by atoms with Gasteiger partial charge in [-0.15, -0.1) is 0 Å². The summed E-state index contributed by atoms with van der Waals surface area (Å²) >= 11 is 10.8. The molecule has 1 aromatic heterocycles. The molecule has 0 atom stereocenters. The molecule has 0 unspecified atom stereocenters. The summed E-state index contributed by atoms with van der Waals surface area (Å²) in [5.41, 5.74) is 1.86. The first-order valence-corrected chi connectivity index (χ1v) is 11.4. The van der Waals surface area contributed by atoms with Gasteiger partial charge in [0.15, 0.2) is 0 Å². The summed E-state index contributed by atoms with van der Waals surface area (Å²) in [7, 11) is 0. The van der Waals surface area contributed by atoms with Gasteiger partial charge in [0.05, 0.1) is 0 Å². The average molecular weight is 492 g/mol. The summed E-state index contributed by atoms with van der Waals surface area (Å²) in [6, 6.07) is 15.3. The SMILES string of the molecule is O=C(c1cccc(Br)c1)N1CCCN(c2nc(Cc3ccc(Cl)cc3)ns2)CC1. The van der Waals surface area contributed by atoms with Crippen molar-refractivity contribution in [3.05, 3.63) is 75.0 Å². The third-order valence-electron chi connectivity index (χ3n) is 4.86. The van der Waals surface area contributed by atoms with Gasteiger partial charge in [-0.1, -0.05) is 45.7 Å². The van der Waals surface area contributed by atoms with Crippen LogP contribution in [0.3, 0.4) is 0 Å². The lowest BCUT2D eigenvalue weighted by Gasteiger charge is -2.21. The molecule has 0 bridgehead atoms. The first-order valence-electron chi connectivity index (χ1n) is 9.45. The number of carbonyl (C=O) groups excluding carboxylic acids is 1. The second-order valence-electron chi connectivity index (χ2n) is 6.94. The van der Waals surface area contributed by atoms with E-state index in [0.29, 0.717) is 18.5 Å². The Morgan fingerprint density at radius 3 is 2.72 bits per heavy atom. The molecule has 0 spiro atoms. The summed E-state index contributed by atoms with van der Waals surface area (Å²) in [5.74, 6) is 0.896. The average Bonchev–Trinajstić information content (AvgIpc) is 3.04. The van der Waals surface area contributed by atoms with Crippen molar-refractivity contribution in [1.82, 2.24) is 14.3 Å². The van der Waals surface area contributed by atoms with Crippen LogP contribution in [0.5, 0.6) is 0 Å². The van der Waals surface area contributed by atoms with Crippen molar-refractivity contribution in [3.63, 3.8) is 0 Å². The van der Waals surface area contributed by atoms with Crippen LogP contribution in [-0.4, -0.2) is 46.3 Å². The van der Waals surface area contributed by atoms with Crippen LogP contribution in [0.15, 0.2) is 53.0 Å². The minimum Gasteiger partial charge on any atom is -0.345 e. The van der Waals surface area contributed by atoms with Gasteiger partial charge in [-0.05, 0) is 42.3 Å². The number of anilines is 1. The van der Waals surface area contributed by atoms with Gasteiger partial charge in [0.25, 0.3) is 5.91 Å². The minimum absolute atomic E-state index is 0.0776. The van der Waals surface area contributed by atoms with Gasteiger partial charge < -0.3 is 9.80 Å². The van der Waals surface area contributed by atoms with Crippen molar-refractivity contribution in [3.8, 4) is 0 Å². The maximum atomic E-state index is 12.8. The van der Waals surface area contributed by atoms with Crippen molar-refractivity contribution in [2.45, 2.75) is 12.8 Å². The Kier molecular flexibility index (Phi) is 6.47. The van der Waals surface area contributed by atoms with Crippen molar-refractivity contribution in [1.29, 1.82) is 0 Å². The normalized spacial score (nSPS) is 14.7. The van der Waals surface area contributed by atoms with Crippen LogP contribution in [0.1, 0.15) is 28.2 Å². The van der Waals surface area contributed by atoms with Crippen LogP contribution in [0.4, 0.5) is 5.13 Å². The van der Waals surface area contributed by atoms with E-state index >= 15 is 0 Å². The van der Waals surface area contributed by atoms with Crippen molar-refractivity contribution < 1.29 is 4.79 Å². The second kappa shape index (κ2) is 9.24. The van der Waals surface area contributed by atoms with Gasteiger partial charge in [0.1, 0.15) is 5.82 Å². The summed E-state index contributed by atoms with van der Waals surface area (Å²) in [4.78, 5) is 21.7. The smallest absolute Gasteiger partial charge is 0.253 e. The summed E-state index contributed by atoms with van der Waals surface area (Å²) in [6.07, 6.45) is 1.60. The van der Waals surface area contributed by atoms with E-state index in [4.69, 9.17) is 16.6 Å². The molecule has 8 heteroatoms. The third kappa shape index (κ3) is 5.15. The molecule has 150 valence electrons. The second-order valence-corrected chi connectivity index (χ2v) is 9.02. The van der Waals surface area contributed by atoms with Crippen LogP contribution >= 0.6 is 39.1 Å². The zero-order valence-corrected chi connectivity index (χ0v) is 18.9. The van der Waals surface area contributed by atoms with E-state index in [-0.39, 0.29) is 5.91 Å². The Bertz CT molecular complexity index is 994. The minimum atomic E-state index is 0.0776. The number of hydrogen-bond acceptors (Lipinski definition) is 5. The molecule has 1 aliphatic heterocycles. The van der Waals surface area contributed by atoms with E-state index in [2.05, 4.69) is 25.2 Å². The lowest BCUT2D eigenvalue weighted by molar-refractivity contribution is 0.0767. The Labute approximate surface area is 187 Å². The number of benzene rings is 2. The quantitative estimate of drug-likeness (QED) is 0.521. The van der Waals surface area contributed by atoms with Crippen LogP contribution in [-0.2, 0) is 6.42 Å². The zero-order chi connectivity index (χ0) is 20.2. The maximum Gasteiger partial charge on any atom is 0.253 e. The molecule has 1 saturated heterocycles. The molecule has 0 aliphatic carbocycles. The fourth-order valence-electron chi connectivity index (χ4n) is 3.35. The van der Waals surface area contributed by atoms with Crippen LogP contribution in [0.25, 0.3) is 0 Å². The molecule has 0 N–H and O–H groups in total. The first kappa shape index (κ1) is 20.3. The lowest BCUT2D eigenvalue weighted by atomic mass is 10.1. The molecule has 3 aromatic rings. The third-order valence-corrected chi connectivity index (χ3v) is 6.42. The van der Waals surface area contributed by atoms with Gasteiger partial charge in [0.2, 0.25) is 5.13 Å². The van der Waals surface area contributed by atoms with Crippen molar-refractivity contribution >= 4 is 50.1 Å². The highest BCUT2D eigenvalue weighted by Crippen LogP contribution is 2.22. The summed E-state index contributed by atoms with van der Waals surface area (Å²) < 4.78 is 5.44. The highest BCUT2D eigenvalue weighted by Gasteiger charge is 2.22. The van der Waals surface area contributed by atoms with Gasteiger partial charge >= 0.3 is 0 Å². The van der Waals surface area contributed by atoms with E-state index < -0.39 is 0 Å². The molecular formula is C21H20BrClN4OS. The molecule has 29 heavy (non-hydrogen) atoms. The molecule has 5 nitrogen and oxygen atoms in total. The fourth-order valence-corrected chi connectivity index (χ4v) is 4.61. The van der Waals surface area contributed by atoms with Gasteiger partial charge in [0, 0.05) is 59.2 Å². The molecule has 1 aliphatic rings. The Balaban J connectivity index is 1.39. The number of carbonyl (C=O) groups is 1. The highest BCUT2D eigenvalue weighted by atomic mass is 79.9. The van der Waals surface area contributed by atoms with Gasteiger partial charge in [-0.25, -0.2) is 4.98 Å². The van der Waals surface area contributed by atoms with Crippen LogP contribution in [0, 0.1) is 0 Å². The van der Waals surface area contributed by atoms with Crippen molar-refractivity contribution in [2.24, 2.45) is 0 Å². The largest absolute Gasteiger partial charge is 0.345 e.